The molecule has 0 aliphatic heterocycles. The standard InChI is InChI=1S/C60H122NO7P/c1-6-8-10-12-14-16-18-20-22-24-26-28-29-30-31-32-33-34-35-37-39-41-43-45-47-49-51-53-60(62)68-59(58-67-69(63,64)66-56-54-61(3,4)5)57-65-55-52-50-48-46-44-42-40-38-36-27-25-23-21-19-17-15-13-11-9-7-2/h59H,6-58H2,1-5H3/t59-/m1/s1. The van der Waals surface area contributed by atoms with Crippen molar-refractivity contribution in [1.29, 1.82) is 0 Å². The number of carbonyl (C=O) groups is 1. The van der Waals surface area contributed by atoms with Gasteiger partial charge in [0.25, 0.3) is 7.82 Å². The number of phosphoric ester groups is 1. The van der Waals surface area contributed by atoms with E-state index in [0.29, 0.717) is 24.1 Å². The highest BCUT2D eigenvalue weighted by Gasteiger charge is 2.20. The molecule has 0 fully saturated rings. The average Bonchev–Trinajstić information content (AvgIpc) is 3.31. The largest absolute Gasteiger partial charge is 0.756 e. The Labute approximate surface area is 431 Å². The number of likely N-dealkylation sites (N-methyl/N-ethyl adjacent to an activating group) is 1. The molecule has 9 heteroatoms. The third kappa shape index (κ3) is 58.3. The second kappa shape index (κ2) is 53.8. The van der Waals surface area contributed by atoms with Crippen molar-refractivity contribution in [2.45, 2.75) is 328 Å². The normalized spacial score (nSPS) is 13.3. The van der Waals surface area contributed by atoms with Crippen molar-refractivity contribution in [3.05, 3.63) is 0 Å². The minimum absolute atomic E-state index is 0.0320. The van der Waals surface area contributed by atoms with Gasteiger partial charge in [0.1, 0.15) is 19.3 Å². The Hall–Kier alpha value is -0.500. The molecule has 0 radical (unpaired) electrons. The molecule has 0 amide bonds. The Morgan fingerprint density at radius 1 is 0.391 bits per heavy atom. The number of nitrogens with zero attached hydrogens (tertiary/aromatic N) is 1. The monoisotopic (exact) mass is 1000 g/mol. The van der Waals surface area contributed by atoms with Crippen LogP contribution >= 0.6 is 7.82 Å². The zero-order chi connectivity index (χ0) is 50.5. The lowest BCUT2D eigenvalue weighted by Crippen LogP contribution is -2.37. The molecule has 0 N–H and O–H groups in total. The fourth-order valence-corrected chi connectivity index (χ4v) is 10.2. The van der Waals surface area contributed by atoms with Crippen LogP contribution in [0, 0.1) is 0 Å². The maximum atomic E-state index is 12.8. The Balaban J connectivity index is 3.95. The van der Waals surface area contributed by atoms with E-state index in [9.17, 15) is 14.3 Å². The number of quaternary nitrogens is 1. The van der Waals surface area contributed by atoms with Crippen molar-refractivity contribution < 1.29 is 37.3 Å². The smallest absolute Gasteiger partial charge is 0.306 e. The summed E-state index contributed by atoms with van der Waals surface area (Å²) >= 11 is 0. The highest BCUT2D eigenvalue weighted by Crippen LogP contribution is 2.38. The summed E-state index contributed by atoms with van der Waals surface area (Å²) in [5.74, 6) is -0.322. The number of hydrogen-bond donors (Lipinski definition) is 0. The summed E-state index contributed by atoms with van der Waals surface area (Å²) in [5, 5.41) is 0. The van der Waals surface area contributed by atoms with E-state index in [1.807, 2.05) is 21.1 Å². The van der Waals surface area contributed by atoms with Gasteiger partial charge in [-0.15, -0.1) is 0 Å². The van der Waals surface area contributed by atoms with Crippen LogP contribution in [0.25, 0.3) is 0 Å². The van der Waals surface area contributed by atoms with Gasteiger partial charge < -0.3 is 27.9 Å². The maximum absolute atomic E-state index is 12.8. The van der Waals surface area contributed by atoms with Gasteiger partial charge >= 0.3 is 5.97 Å². The highest BCUT2D eigenvalue weighted by molar-refractivity contribution is 7.45. The average molecular weight is 1000 g/mol. The van der Waals surface area contributed by atoms with Gasteiger partial charge in [-0.1, -0.05) is 303 Å². The summed E-state index contributed by atoms with van der Waals surface area (Å²) in [6.45, 7) is 5.52. The minimum Gasteiger partial charge on any atom is -0.756 e. The molecule has 0 saturated carbocycles. The maximum Gasteiger partial charge on any atom is 0.306 e. The number of ether oxygens (including phenoxy) is 2. The van der Waals surface area contributed by atoms with Gasteiger partial charge in [0.05, 0.1) is 34.4 Å². The van der Waals surface area contributed by atoms with Crippen LogP contribution < -0.4 is 4.89 Å². The van der Waals surface area contributed by atoms with E-state index in [2.05, 4.69) is 13.8 Å². The summed E-state index contributed by atoms with van der Waals surface area (Å²) in [5.41, 5.74) is 0. The van der Waals surface area contributed by atoms with Crippen molar-refractivity contribution in [2.24, 2.45) is 0 Å². The van der Waals surface area contributed by atoms with Crippen molar-refractivity contribution in [3.8, 4) is 0 Å². The molecule has 0 aromatic rings. The van der Waals surface area contributed by atoms with E-state index < -0.39 is 13.9 Å². The van der Waals surface area contributed by atoms with Crippen LogP contribution in [0.2, 0.25) is 0 Å². The SMILES string of the molecule is CCCCCCCCCCCCCCCCCCCCCCCCCCCCCC(=O)O[C@H](COCCCCCCCCCCCCCCCCCCCCCC)COP(=O)([O-])OCC[N+](C)(C)C. The van der Waals surface area contributed by atoms with Crippen molar-refractivity contribution >= 4 is 13.8 Å². The fraction of sp³-hybridized carbons (Fsp3) is 0.983. The topological polar surface area (TPSA) is 94.1 Å². The number of unbranched alkanes of at least 4 members (excludes halogenated alkanes) is 45. The first kappa shape index (κ1) is 68.5. The number of hydrogen-bond acceptors (Lipinski definition) is 7. The summed E-state index contributed by atoms with van der Waals surface area (Å²) in [6, 6.07) is 0. The first-order valence-corrected chi connectivity index (χ1v) is 32.2. The minimum atomic E-state index is -4.53. The third-order valence-electron chi connectivity index (χ3n) is 14.2. The van der Waals surface area contributed by atoms with Gasteiger partial charge in [0.15, 0.2) is 0 Å². The van der Waals surface area contributed by atoms with Gasteiger partial charge in [-0.05, 0) is 12.8 Å². The van der Waals surface area contributed by atoms with E-state index in [1.165, 1.54) is 270 Å². The lowest BCUT2D eigenvalue weighted by molar-refractivity contribution is -0.870. The molecule has 0 aromatic heterocycles. The molecule has 0 aromatic carbocycles. The molecule has 0 heterocycles. The zero-order valence-electron chi connectivity index (χ0n) is 47.3. The Bertz CT molecular complexity index is 1070. The molecule has 414 valence electrons. The van der Waals surface area contributed by atoms with Gasteiger partial charge in [-0.3, -0.25) is 9.36 Å². The molecule has 0 aliphatic rings. The lowest BCUT2D eigenvalue weighted by atomic mass is 10.0. The van der Waals surface area contributed by atoms with E-state index in [4.69, 9.17) is 18.5 Å². The molecule has 69 heavy (non-hydrogen) atoms. The van der Waals surface area contributed by atoms with Crippen LogP contribution in [0.15, 0.2) is 0 Å². The van der Waals surface area contributed by atoms with Crippen molar-refractivity contribution in [3.63, 3.8) is 0 Å². The van der Waals surface area contributed by atoms with Crippen LogP contribution in [0.3, 0.4) is 0 Å². The molecule has 0 bridgehead atoms. The van der Waals surface area contributed by atoms with Crippen LogP contribution in [-0.2, 0) is 27.9 Å². The summed E-state index contributed by atoms with van der Waals surface area (Å²) in [4.78, 5) is 25.3. The van der Waals surface area contributed by atoms with E-state index in [0.717, 1.165) is 32.1 Å². The molecular formula is C60H122NO7P. The Morgan fingerprint density at radius 2 is 0.667 bits per heavy atom. The fourth-order valence-electron chi connectivity index (χ4n) is 9.44. The molecule has 1 unspecified atom stereocenters. The quantitative estimate of drug-likeness (QED) is 0.0259. The number of carbonyl (C=O) groups excluding carboxylic acids is 1. The van der Waals surface area contributed by atoms with Crippen molar-refractivity contribution in [2.75, 3.05) is 54.1 Å². The molecule has 0 saturated heterocycles. The van der Waals surface area contributed by atoms with Crippen molar-refractivity contribution in [1.82, 2.24) is 0 Å². The van der Waals surface area contributed by atoms with Gasteiger partial charge in [-0.25, -0.2) is 0 Å². The summed E-state index contributed by atoms with van der Waals surface area (Å²) in [7, 11) is 1.38. The third-order valence-corrected chi connectivity index (χ3v) is 15.1. The number of esters is 1. The van der Waals surface area contributed by atoms with Crippen LogP contribution in [0.4, 0.5) is 0 Å². The van der Waals surface area contributed by atoms with Crippen LogP contribution in [0.1, 0.15) is 322 Å². The highest BCUT2D eigenvalue weighted by atomic mass is 31.2. The molecule has 8 nitrogen and oxygen atoms in total. The first-order chi connectivity index (χ1) is 33.6. The second-order valence-corrected chi connectivity index (χ2v) is 23.8. The Morgan fingerprint density at radius 3 is 0.957 bits per heavy atom. The van der Waals surface area contributed by atoms with E-state index in [1.54, 1.807) is 0 Å². The van der Waals surface area contributed by atoms with Crippen LogP contribution in [0.5, 0.6) is 0 Å². The lowest BCUT2D eigenvalue weighted by Gasteiger charge is -2.28. The number of phosphoric acid groups is 1. The predicted octanol–water partition coefficient (Wildman–Crippen LogP) is 18.9. The Kier molecular flexibility index (Phi) is 53.4. The predicted molar refractivity (Wildman–Crippen MR) is 296 cm³/mol. The first-order valence-electron chi connectivity index (χ1n) is 30.8. The molecule has 0 rings (SSSR count). The second-order valence-electron chi connectivity index (χ2n) is 22.4. The molecule has 0 spiro atoms. The summed E-state index contributed by atoms with van der Waals surface area (Å²) < 4.78 is 34.9. The van der Waals surface area contributed by atoms with E-state index >= 15 is 0 Å². The van der Waals surface area contributed by atoms with Gasteiger partial charge in [-0.2, -0.15) is 0 Å². The van der Waals surface area contributed by atoms with Crippen LogP contribution in [-0.4, -0.2) is 70.7 Å². The van der Waals surface area contributed by atoms with Gasteiger partial charge in [0.2, 0.25) is 0 Å². The molecule has 2 atom stereocenters. The molecular weight excluding hydrogens is 878 g/mol. The zero-order valence-corrected chi connectivity index (χ0v) is 48.2. The number of rotatable bonds is 59. The van der Waals surface area contributed by atoms with E-state index in [-0.39, 0.29) is 25.8 Å². The van der Waals surface area contributed by atoms with Gasteiger partial charge in [0, 0.05) is 13.0 Å². The summed E-state index contributed by atoms with van der Waals surface area (Å²) in [6.07, 6.45) is 63.0. The molecule has 0 aliphatic carbocycles.